The van der Waals surface area contributed by atoms with Crippen LogP contribution in [-0.2, 0) is 7.05 Å². The molecule has 21 heavy (non-hydrogen) atoms. The van der Waals surface area contributed by atoms with E-state index in [-0.39, 0.29) is 6.04 Å². The predicted octanol–water partition coefficient (Wildman–Crippen LogP) is 2.61. The number of rotatable bonds is 7. The van der Waals surface area contributed by atoms with Gasteiger partial charge in [0.15, 0.2) is 0 Å². The summed E-state index contributed by atoms with van der Waals surface area (Å²) < 4.78 is 7.41. The normalized spacial score (nSPS) is 12.4. The summed E-state index contributed by atoms with van der Waals surface area (Å²) in [6.45, 7) is 7.76. The number of pyridine rings is 1. The molecule has 0 aliphatic heterocycles. The molecule has 2 aromatic rings. The molecule has 0 aliphatic carbocycles. The van der Waals surface area contributed by atoms with Gasteiger partial charge in [0.25, 0.3) is 0 Å². The van der Waals surface area contributed by atoms with Crippen LogP contribution in [0.3, 0.4) is 0 Å². The van der Waals surface area contributed by atoms with Gasteiger partial charge >= 0.3 is 0 Å². The van der Waals surface area contributed by atoms with Gasteiger partial charge in [0.05, 0.1) is 24.5 Å². The Morgan fingerprint density at radius 3 is 2.76 bits per heavy atom. The van der Waals surface area contributed by atoms with Gasteiger partial charge in [-0.3, -0.25) is 9.67 Å². The highest BCUT2D eigenvalue weighted by Crippen LogP contribution is 2.26. The summed E-state index contributed by atoms with van der Waals surface area (Å²) in [5.74, 6) is 0.805. The second-order valence-electron chi connectivity index (χ2n) is 5.12. The van der Waals surface area contributed by atoms with Crippen molar-refractivity contribution in [3.8, 4) is 5.75 Å². The van der Waals surface area contributed by atoms with Gasteiger partial charge in [0.1, 0.15) is 5.75 Å². The summed E-state index contributed by atoms with van der Waals surface area (Å²) in [5, 5.41) is 8.03. The van der Waals surface area contributed by atoms with Gasteiger partial charge in [-0.15, -0.1) is 0 Å². The van der Waals surface area contributed by atoms with Crippen LogP contribution in [0.4, 0.5) is 0 Å². The number of aromatic nitrogens is 3. The molecule has 2 aromatic heterocycles. The Kier molecular flexibility index (Phi) is 5.33. The first-order valence-electron chi connectivity index (χ1n) is 7.47. The summed E-state index contributed by atoms with van der Waals surface area (Å²) in [6.07, 6.45) is 6.78. The van der Waals surface area contributed by atoms with Crippen LogP contribution in [0.25, 0.3) is 0 Å². The molecule has 0 spiro atoms. The minimum absolute atomic E-state index is 0.0894. The van der Waals surface area contributed by atoms with E-state index in [9.17, 15) is 0 Å². The van der Waals surface area contributed by atoms with Gasteiger partial charge in [0, 0.05) is 25.0 Å². The van der Waals surface area contributed by atoms with Crippen molar-refractivity contribution >= 4 is 0 Å². The molecule has 1 unspecified atom stereocenters. The van der Waals surface area contributed by atoms with Crippen LogP contribution in [0, 0.1) is 6.92 Å². The maximum absolute atomic E-state index is 5.56. The fourth-order valence-corrected chi connectivity index (χ4v) is 2.44. The highest BCUT2D eigenvalue weighted by atomic mass is 16.5. The molecule has 0 saturated heterocycles. The first-order chi connectivity index (χ1) is 10.2. The van der Waals surface area contributed by atoms with E-state index in [0.717, 1.165) is 30.0 Å². The highest BCUT2D eigenvalue weighted by Gasteiger charge is 2.19. The minimum Gasteiger partial charge on any atom is -0.492 e. The van der Waals surface area contributed by atoms with Crippen LogP contribution >= 0.6 is 0 Å². The van der Waals surface area contributed by atoms with Crippen LogP contribution < -0.4 is 10.1 Å². The van der Waals surface area contributed by atoms with Crippen molar-refractivity contribution in [3.63, 3.8) is 0 Å². The van der Waals surface area contributed by atoms with Gasteiger partial charge < -0.3 is 10.1 Å². The first kappa shape index (κ1) is 15.5. The van der Waals surface area contributed by atoms with Gasteiger partial charge in [0.2, 0.25) is 0 Å². The van der Waals surface area contributed by atoms with E-state index in [1.54, 1.807) is 6.20 Å². The van der Waals surface area contributed by atoms with E-state index in [0.29, 0.717) is 6.61 Å². The van der Waals surface area contributed by atoms with Crippen molar-refractivity contribution in [3.05, 3.63) is 41.5 Å². The molecular weight excluding hydrogens is 264 g/mol. The van der Waals surface area contributed by atoms with Crippen molar-refractivity contribution in [1.82, 2.24) is 20.1 Å². The smallest absolute Gasteiger partial charge is 0.137 e. The first-order valence-corrected chi connectivity index (χ1v) is 7.47. The number of nitrogens with zero attached hydrogens (tertiary/aromatic N) is 3. The monoisotopic (exact) mass is 288 g/mol. The molecule has 1 N–H and O–H groups in total. The van der Waals surface area contributed by atoms with Gasteiger partial charge in [-0.1, -0.05) is 6.92 Å². The summed E-state index contributed by atoms with van der Waals surface area (Å²) in [6, 6.07) is 2.14. The Balaban J connectivity index is 2.35. The summed E-state index contributed by atoms with van der Waals surface area (Å²) in [4.78, 5) is 4.30. The van der Waals surface area contributed by atoms with E-state index in [2.05, 4.69) is 34.6 Å². The third-order valence-electron chi connectivity index (χ3n) is 3.34. The lowest BCUT2D eigenvalue weighted by Crippen LogP contribution is -2.23. The molecule has 2 heterocycles. The molecule has 0 fully saturated rings. The zero-order valence-corrected chi connectivity index (χ0v) is 13.3. The third-order valence-corrected chi connectivity index (χ3v) is 3.34. The minimum atomic E-state index is 0.0894. The van der Waals surface area contributed by atoms with Crippen molar-refractivity contribution in [1.29, 1.82) is 0 Å². The molecule has 5 heteroatoms. The zero-order chi connectivity index (χ0) is 15.2. The van der Waals surface area contributed by atoms with Crippen LogP contribution in [-0.4, -0.2) is 27.9 Å². The Morgan fingerprint density at radius 2 is 2.14 bits per heavy atom. The lowest BCUT2D eigenvalue weighted by Gasteiger charge is -2.19. The summed E-state index contributed by atoms with van der Waals surface area (Å²) in [7, 11) is 1.95. The van der Waals surface area contributed by atoms with E-state index >= 15 is 0 Å². The molecule has 0 bridgehead atoms. The van der Waals surface area contributed by atoms with E-state index in [4.69, 9.17) is 4.74 Å². The molecule has 114 valence electrons. The SMILES string of the molecule is CCCNC(c1cncc(OCC)c1)c1cn(C)nc1C. The molecule has 0 radical (unpaired) electrons. The second-order valence-corrected chi connectivity index (χ2v) is 5.12. The number of hydrogen-bond donors (Lipinski definition) is 1. The summed E-state index contributed by atoms with van der Waals surface area (Å²) >= 11 is 0. The molecular formula is C16H24N4O. The van der Waals surface area contributed by atoms with Gasteiger partial charge in [-0.05, 0) is 38.4 Å². The molecule has 0 aromatic carbocycles. The Hall–Kier alpha value is -1.88. The average Bonchev–Trinajstić information content (AvgIpc) is 2.79. The van der Waals surface area contributed by atoms with E-state index in [1.807, 2.05) is 31.8 Å². The van der Waals surface area contributed by atoms with Gasteiger partial charge in [-0.2, -0.15) is 5.10 Å². The second kappa shape index (κ2) is 7.22. The highest BCUT2D eigenvalue weighted by molar-refractivity contribution is 5.35. The van der Waals surface area contributed by atoms with Crippen LogP contribution in [0.2, 0.25) is 0 Å². The van der Waals surface area contributed by atoms with Crippen LogP contribution in [0.5, 0.6) is 5.75 Å². The van der Waals surface area contributed by atoms with E-state index in [1.165, 1.54) is 5.56 Å². The molecule has 5 nitrogen and oxygen atoms in total. The van der Waals surface area contributed by atoms with Crippen LogP contribution in [0.1, 0.15) is 43.1 Å². The van der Waals surface area contributed by atoms with Gasteiger partial charge in [-0.25, -0.2) is 0 Å². The molecule has 1 atom stereocenters. The largest absolute Gasteiger partial charge is 0.492 e. The Bertz CT molecular complexity index is 579. The lowest BCUT2D eigenvalue weighted by atomic mass is 10.0. The Labute approximate surface area is 126 Å². The average molecular weight is 288 g/mol. The number of hydrogen-bond acceptors (Lipinski definition) is 4. The third kappa shape index (κ3) is 3.82. The fraction of sp³-hybridized carbons (Fsp3) is 0.500. The number of aryl methyl sites for hydroxylation is 2. The number of ether oxygens (including phenoxy) is 1. The van der Waals surface area contributed by atoms with Crippen molar-refractivity contribution in [2.24, 2.45) is 7.05 Å². The maximum Gasteiger partial charge on any atom is 0.137 e. The van der Waals surface area contributed by atoms with Crippen molar-refractivity contribution in [2.45, 2.75) is 33.2 Å². The molecule has 0 amide bonds. The zero-order valence-electron chi connectivity index (χ0n) is 13.3. The fourth-order valence-electron chi connectivity index (χ4n) is 2.44. The van der Waals surface area contributed by atoms with Crippen molar-refractivity contribution < 1.29 is 4.74 Å². The predicted molar refractivity (Wildman–Crippen MR) is 83.5 cm³/mol. The van der Waals surface area contributed by atoms with Crippen molar-refractivity contribution in [2.75, 3.05) is 13.2 Å². The Morgan fingerprint density at radius 1 is 1.33 bits per heavy atom. The van der Waals surface area contributed by atoms with E-state index < -0.39 is 0 Å². The topological polar surface area (TPSA) is 52.0 Å². The summed E-state index contributed by atoms with van der Waals surface area (Å²) in [5.41, 5.74) is 3.32. The van der Waals surface area contributed by atoms with Crippen LogP contribution in [0.15, 0.2) is 24.7 Å². The standard InChI is InChI=1S/C16H24N4O/c1-5-7-18-16(15-11-20(4)19-12(15)3)13-8-14(21-6-2)10-17-9-13/h8-11,16,18H,5-7H2,1-4H3. The quantitative estimate of drug-likeness (QED) is 0.851. The molecule has 0 saturated carbocycles. The lowest BCUT2D eigenvalue weighted by molar-refractivity contribution is 0.338. The maximum atomic E-state index is 5.56. The molecule has 0 aliphatic rings. The number of nitrogens with one attached hydrogen (secondary N) is 1. The molecule has 2 rings (SSSR count).